The highest BCUT2D eigenvalue weighted by Gasteiger charge is 2.26. The number of aryl methyl sites for hydroxylation is 1. The lowest BCUT2D eigenvalue weighted by Gasteiger charge is -2.07. The fraction of sp³-hybridized carbons (Fsp3) is 0.263. The van der Waals surface area contributed by atoms with Crippen LogP contribution in [0.4, 0.5) is 0 Å². The average Bonchev–Trinajstić information content (AvgIpc) is 3.14. The number of carbonyl (C=O) groups excluding carboxylic acids is 1. The van der Waals surface area contributed by atoms with Crippen molar-refractivity contribution in [1.82, 2.24) is 9.13 Å². The van der Waals surface area contributed by atoms with Crippen molar-refractivity contribution in [3.63, 3.8) is 0 Å². The fourth-order valence-corrected chi connectivity index (χ4v) is 3.48. The number of benzene rings is 1. The molecule has 0 unspecified atom stereocenters. The third kappa shape index (κ3) is 2.33. The Morgan fingerprint density at radius 3 is 2.75 bits per heavy atom. The molecule has 1 aromatic carbocycles. The van der Waals surface area contributed by atoms with Crippen LogP contribution in [-0.4, -0.2) is 15.1 Å². The summed E-state index contributed by atoms with van der Waals surface area (Å²) >= 11 is 0. The topological polar surface area (TPSA) is 53.2 Å². The van der Waals surface area contributed by atoms with Gasteiger partial charge in [-0.3, -0.25) is 9.59 Å². The number of aromatic nitrogens is 2. The number of ether oxygens (including phenoxy) is 1. The molecule has 0 saturated carbocycles. The molecule has 3 heterocycles. The van der Waals surface area contributed by atoms with E-state index in [9.17, 15) is 9.59 Å². The summed E-state index contributed by atoms with van der Waals surface area (Å²) < 4.78 is 9.19. The maximum absolute atomic E-state index is 13.0. The normalized spacial score (nSPS) is 13.2. The molecule has 0 radical (unpaired) electrons. The second-order valence-electron chi connectivity index (χ2n) is 6.12. The Balaban J connectivity index is 1.89. The number of carbonyl (C=O) groups is 1. The van der Waals surface area contributed by atoms with Gasteiger partial charge in [0.15, 0.2) is 5.75 Å². The average molecular weight is 322 g/mol. The van der Waals surface area contributed by atoms with Crippen LogP contribution in [0.1, 0.15) is 24.6 Å². The summed E-state index contributed by atoms with van der Waals surface area (Å²) in [6, 6.07) is 11.8. The lowest BCUT2D eigenvalue weighted by atomic mass is 10.2. The number of rotatable bonds is 3. The van der Waals surface area contributed by atoms with Gasteiger partial charge in [-0.05, 0) is 24.5 Å². The van der Waals surface area contributed by atoms with Crippen molar-refractivity contribution in [2.24, 2.45) is 0 Å². The van der Waals surface area contributed by atoms with E-state index < -0.39 is 5.97 Å². The number of nitrogens with zero attached hydrogens (tertiary/aromatic N) is 2. The van der Waals surface area contributed by atoms with E-state index in [0.29, 0.717) is 17.7 Å². The molecule has 1 aliphatic heterocycles. The van der Waals surface area contributed by atoms with Gasteiger partial charge >= 0.3 is 5.97 Å². The largest absolute Gasteiger partial charge is 0.424 e. The Morgan fingerprint density at radius 1 is 1.21 bits per heavy atom. The monoisotopic (exact) mass is 322 g/mol. The van der Waals surface area contributed by atoms with Gasteiger partial charge in [0.05, 0.1) is 17.8 Å². The first-order valence-electron chi connectivity index (χ1n) is 8.12. The summed E-state index contributed by atoms with van der Waals surface area (Å²) in [6.07, 6.45) is 3.66. The molecule has 0 spiro atoms. The molecule has 0 bridgehead atoms. The maximum atomic E-state index is 13.0. The zero-order valence-corrected chi connectivity index (χ0v) is 13.5. The molecule has 3 aromatic rings. The van der Waals surface area contributed by atoms with Crippen LogP contribution in [0.2, 0.25) is 0 Å². The van der Waals surface area contributed by atoms with Crippen LogP contribution in [0, 0.1) is 0 Å². The van der Waals surface area contributed by atoms with E-state index in [4.69, 9.17) is 4.74 Å². The van der Waals surface area contributed by atoms with E-state index in [1.807, 2.05) is 42.6 Å². The van der Waals surface area contributed by atoms with Crippen molar-refractivity contribution in [1.29, 1.82) is 0 Å². The Morgan fingerprint density at radius 2 is 2.00 bits per heavy atom. The van der Waals surface area contributed by atoms with Crippen LogP contribution in [0.5, 0.6) is 5.75 Å². The van der Waals surface area contributed by atoms with Crippen LogP contribution in [-0.2, 0) is 24.3 Å². The molecule has 5 heteroatoms. The number of hydrogen-bond acceptors (Lipinski definition) is 3. The Hall–Kier alpha value is -2.82. The number of hydrogen-bond donors (Lipinski definition) is 0. The summed E-state index contributed by atoms with van der Waals surface area (Å²) in [6.45, 7) is 2.72. The van der Waals surface area contributed by atoms with E-state index in [1.54, 1.807) is 4.57 Å². The van der Waals surface area contributed by atoms with E-state index in [0.717, 1.165) is 36.2 Å². The first-order chi connectivity index (χ1) is 11.6. The molecule has 122 valence electrons. The summed E-state index contributed by atoms with van der Waals surface area (Å²) in [5.74, 6) is 0.0532. The molecule has 2 aromatic heterocycles. The molecule has 0 aliphatic carbocycles. The Bertz CT molecular complexity index is 983. The third-order valence-corrected chi connectivity index (χ3v) is 4.49. The molecular weight excluding hydrogens is 304 g/mol. The number of esters is 1. The second kappa shape index (κ2) is 5.67. The predicted molar refractivity (Wildman–Crippen MR) is 91.4 cm³/mol. The zero-order chi connectivity index (χ0) is 16.7. The number of pyridine rings is 1. The van der Waals surface area contributed by atoms with Gasteiger partial charge in [-0.2, -0.15) is 0 Å². The standard InChI is InChI=1S/C19H18N2O3/c1-13(22)24-18-16-8-5-10-21(16)15-9-11-20(19(23)17(15)18)12-14-6-3-2-4-7-14/h2-4,6-7,9,11H,5,8,10,12H2,1H3. The first kappa shape index (κ1) is 14.8. The molecule has 24 heavy (non-hydrogen) atoms. The summed E-state index contributed by atoms with van der Waals surface area (Å²) in [5.41, 5.74) is 2.75. The van der Waals surface area contributed by atoms with Crippen LogP contribution in [0.15, 0.2) is 47.4 Å². The molecule has 5 nitrogen and oxygen atoms in total. The van der Waals surface area contributed by atoms with Crippen LogP contribution in [0.25, 0.3) is 10.9 Å². The van der Waals surface area contributed by atoms with Crippen molar-refractivity contribution < 1.29 is 9.53 Å². The van der Waals surface area contributed by atoms with Crippen LogP contribution in [0.3, 0.4) is 0 Å². The smallest absolute Gasteiger partial charge is 0.308 e. The van der Waals surface area contributed by atoms with E-state index in [-0.39, 0.29) is 5.56 Å². The summed E-state index contributed by atoms with van der Waals surface area (Å²) in [7, 11) is 0. The SMILES string of the molecule is CC(=O)Oc1c2n(c3ccn(Cc4ccccc4)c(=O)c13)CCC2. The quantitative estimate of drug-likeness (QED) is 0.697. The summed E-state index contributed by atoms with van der Waals surface area (Å²) in [4.78, 5) is 24.5. The minimum absolute atomic E-state index is 0.116. The van der Waals surface area contributed by atoms with Gasteiger partial charge in [-0.25, -0.2) is 0 Å². The van der Waals surface area contributed by atoms with Gasteiger partial charge in [0, 0.05) is 19.7 Å². The molecule has 0 fully saturated rings. The molecule has 0 atom stereocenters. The van der Waals surface area contributed by atoms with Crippen molar-refractivity contribution in [3.8, 4) is 5.75 Å². The van der Waals surface area contributed by atoms with Gasteiger partial charge in [0.1, 0.15) is 5.39 Å². The fourth-order valence-electron chi connectivity index (χ4n) is 3.48. The van der Waals surface area contributed by atoms with Gasteiger partial charge in [0.2, 0.25) is 0 Å². The van der Waals surface area contributed by atoms with Crippen LogP contribution < -0.4 is 10.3 Å². The summed E-state index contributed by atoms with van der Waals surface area (Å²) in [5, 5.41) is 0.512. The molecule has 0 saturated heterocycles. The molecular formula is C19H18N2O3. The first-order valence-corrected chi connectivity index (χ1v) is 8.12. The van der Waals surface area contributed by atoms with Crippen molar-refractivity contribution >= 4 is 16.9 Å². The van der Waals surface area contributed by atoms with Gasteiger partial charge in [-0.15, -0.1) is 0 Å². The highest BCUT2D eigenvalue weighted by atomic mass is 16.5. The predicted octanol–water partition coefficient (Wildman–Crippen LogP) is 2.72. The molecule has 4 rings (SSSR count). The molecule has 0 amide bonds. The Labute approximate surface area is 139 Å². The zero-order valence-electron chi connectivity index (χ0n) is 13.5. The minimum atomic E-state index is -0.393. The molecule has 0 N–H and O–H groups in total. The van der Waals surface area contributed by atoms with Crippen molar-refractivity contribution in [2.45, 2.75) is 32.9 Å². The minimum Gasteiger partial charge on any atom is -0.424 e. The van der Waals surface area contributed by atoms with Gasteiger partial charge in [-0.1, -0.05) is 30.3 Å². The second-order valence-corrected chi connectivity index (χ2v) is 6.12. The molecule has 1 aliphatic rings. The van der Waals surface area contributed by atoms with Crippen molar-refractivity contribution in [2.75, 3.05) is 0 Å². The van der Waals surface area contributed by atoms with E-state index >= 15 is 0 Å². The number of fused-ring (bicyclic) bond motifs is 3. The highest BCUT2D eigenvalue weighted by Crippen LogP contribution is 2.35. The van der Waals surface area contributed by atoms with Gasteiger partial charge < -0.3 is 13.9 Å². The van der Waals surface area contributed by atoms with Crippen LogP contribution >= 0.6 is 0 Å². The van der Waals surface area contributed by atoms with Gasteiger partial charge in [0.25, 0.3) is 5.56 Å². The lowest BCUT2D eigenvalue weighted by molar-refractivity contribution is -0.131. The van der Waals surface area contributed by atoms with E-state index in [2.05, 4.69) is 4.57 Å². The highest BCUT2D eigenvalue weighted by molar-refractivity contribution is 5.90. The third-order valence-electron chi connectivity index (χ3n) is 4.49. The maximum Gasteiger partial charge on any atom is 0.308 e. The lowest BCUT2D eigenvalue weighted by Crippen LogP contribution is -2.20. The Kier molecular flexibility index (Phi) is 3.49. The van der Waals surface area contributed by atoms with E-state index in [1.165, 1.54) is 6.92 Å². The van der Waals surface area contributed by atoms with Crippen molar-refractivity contribution in [3.05, 3.63) is 64.2 Å².